The van der Waals surface area contributed by atoms with Crippen LogP contribution in [0.4, 0.5) is 5.00 Å². The summed E-state index contributed by atoms with van der Waals surface area (Å²) in [5, 5.41) is 3.58. The van der Waals surface area contributed by atoms with Crippen molar-refractivity contribution in [2.24, 2.45) is 5.73 Å². The molecule has 0 saturated carbocycles. The number of anilines is 1. The molecule has 1 aromatic heterocycles. The van der Waals surface area contributed by atoms with E-state index in [1.54, 1.807) is 11.8 Å². The number of rotatable bonds is 9. The number of hydrogen-bond acceptors (Lipinski definition) is 5. The van der Waals surface area contributed by atoms with E-state index in [0.717, 1.165) is 55.1 Å². The van der Waals surface area contributed by atoms with Crippen LogP contribution in [0.25, 0.3) is 0 Å². The first kappa shape index (κ1) is 21.9. The van der Waals surface area contributed by atoms with Crippen LogP contribution in [0.5, 0.6) is 0 Å². The number of nitrogens with zero attached hydrogens (tertiary/aromatic N) is 1. The van der Waals surface area contributed by atoms with Crippen molar-refractivity contribution in [2.75, 3.05) is 24.2 Å². The average Bonchev–Trinajstić information content (AvgIpc) is 3.04. The Hall–Kier alpha value is -1.83. The first-order valence-electron chi connectivity index (χ1n) is 10.1. The van der Waals surface area contributed by atoms with Crippen molar-refractivity contribution in [3.8, 4) is 0 Å². The van der Waals surface area contributed by atoms with Crippen LogP contribution in [0.1, 0.15) is 52.5 Å². The van der Waals surface area contributed by atoms with Gasteiger partial charge in [0.05, 0.1) is 5.56 Å². The Bertz CT molecular complexity index is 862. The molecule has 29 heavy (non-hydrogen) atoms. The van der Waals surface area contributed by atoms with Crippen molar-refractivity contribution < 1.29 is 9.59 Å². The van der Waals surface area contributed by atoms with Gasteiger partial charge in [-0.3, -0.25) is 14.5 Å². The zero-order valence-corrected chi connectivity index (χ0v) is 18.8. The fourth-order valence-corrected chi connectivity index (χ4v) is 5.72. The summed E-state index contributed by atoms with van der Waals surface area (Å²) in [6.07, 6.45) is 3.13. The Morgan fingerprint density at radius 2 is 2.03 bits per heavy atom. The Kier molecular flexibility index (Phi) is 7.75. The predicted molar refractivity (Wildman–Crippen MR) is 122 cm³/mol. The van der Waals surface area contributed by atoms with Gasteiger partial charge in [-0.15, -0.1) is 23.1 Å². The number of hydrogen-bond donors (Lipinski definition) is 2. The summed E-state index contributed by atoms with van der Waals surface area (Å²) in [4.78, 5) is 29.3. The monoisotopic (exact) mass is 431 g/mol. The molecule has 156 valence electrons. The van der Waals surface area contributed by atoms with Gasteiger partial charge in [-0.1, -0.05) is 24.6 Å². The molecule has 0 aliphatic carbocycles. The van der Waals surface area contributed by atoms with Crippen molar-refractivity contribution >= 4 is 39.9 Å². The Balaban J connectivity index is 1.55. The maximum absolute atomic E-state index is 12.4. The van der Waals surface area contributed by atoms with Crippen LogP contribution in [0.15, 0.2) is 29.2 Å². The lowest BCUT2D eigenvalue weighted by Crippen LogP contribution is -2.31. The van der Waals surface area contributed by atoms with Crippen molar-refractivity contribution in [3.63, 3.8) is 0 Å². The number of thioether (sulfide) groups is 1. The van der Waals surface area contributed by atoms with Crippen LogP contribution >= 0.6 is 23.1 Å². The molecule has 2 amide bonds. The van der Waals surface area contributed by atoms with Crippen LogP contribution < -0.4 is 11.1 Å². The molecule has 0 fully saturated rings. The van der Waals surface area contributed by atoms with E-state index in [4.69, 9.17) is 5.73 Å². The van der Waals surface area contributed by atoms with Crippen molar-refractivity contribution in [1.82, 2.24) is 4.90 Å². The second-order valence-electron chi connectivity index (χ2n) is 7.41. The summed E-state index contributed by atoms with van der Waals surface area (Å²) in [6, 6.07) is 8.41. The predicted octanol–water partition coefficient (Wildman–Crippen LogP) is 4.43. The van der Waals surface area contributed by atoms with Gasteiger partial charge in [0.25, 0.3) is 5.91 Å². The maximum Gasteiger partial charge on any atom is 0.251 e. The first-order chi connectivity index (χ1) is 14.0. The van der Waals surface area contributed by atoms with Crippen LogP contribution in [-0.2, 0) is 17.8 Å². The van der Waals surface area contributed by atoms with E-state index in [-0.39, 0.29) is 5.91 Å². The Morgan fingerprint density at radius 3 is 2.72 bits per heavy atom. The van der Waals surface area contributed by atoms with Gasteiger partial charge in [0.1, 0.15) is 5.00 Å². The van der Waals surface area contributed by atoms with Gasteiger partial charge < -0.3 is 11.1 Å². The quantitative estimate of drug-likeness (QED) is 0.455. The van der Waals surface area contributed by atoms with Gasteiger partial charge in [-0.25, -0.2) is 0 Å². The minimum atomic E-state index is -0.448. The number of carbonyl (C=O) groups is 2. The highest BCUT2D eigenvalue weighted by molar-refractivity contribution is 7.99. The van der Waals surface area contributed by atoms with E-state index < -0.39 is 5.91 Å². The molecular weight excluding hydrogens is 402 g/mol. The van der Waals surface area contributed by atoms with Crippen LogP contribution in [0.3, 0.4) is 0 Å². The number of benzene rings is 1. The van der Waals surface area contributed by atoms with Crippen molar-refractivity contribution in [3.05, 3.63) is 45.8 Å². The lowest BCUT2D eigenvalue weighted by Gasteiger charge is -2.26. The zero-order chi connectivity index (χ0) is 20.8. The summed E-state index contributed by atoms with van der Waals surface area (Å²) in [6.45, 7) is 7.05. The normalized spacial score (nSPS) is 13.9. The standard InChI is InChI=1S/C22H29N3O2S2/c1-3-11-25-12-10-17-18(14-25)29-22(20(17)21(23)27)24-19(26)5-4-13-28-16-8-6-15(2)7-9-16/h6-9H,3-5,10-14H2,1-2H3,(H2,23,27)(H,24,26). The van der Waals surface area contributed by atoms with Crippen molar-refractivity contribution in [1.29, 1.82) is 0 Å². The number of thiophene rings is 1. The van der Waals surface area contributed by atoms with E-state index in [1.807, 2.05) is 0 Å². The number of aryl methyl sites for hydroxylation is 1. The van der Waals surface area contributed by atoms with E-state index in [9.17, 15) is 9.59 Å². The summed E-state index contributed by atoms with van der Waals surface area (Å²) in [5.74, 6) is 0.379. The molecule has 1 aromatic carbocycles. The highest BCUT2D eigenvalue weighted by Crippen LogP contribution is 2.37. The number of amides is 2. The second kappa shape index (κ2) is 10.3. The van der Waals surface area contributed by atoms with Crippen LogP contribution in [0, 0.1) is 6.92 Å². The lowest BCUT2D eigenvalue weighted by atomic mass is 10.0. The van der Waals surface area contributed by atoms with Crippen LogP contribution in [-0.4, -0.2) is 35.6 Å². The minimum absolute atomic E-state index is 0.0546. The third-order valence-corrected chi connectivity index (χ3v) is 7.24. The third-order valence-electron chi connectivity index (χ3n) is 5.01. The summed E-state index contributed by atoms with van der Waals surface area (Å²) >= 11 is 3.26. The fourth-order valence-electron chi connectivity index (χ4n) is 3.56. The van der Waals surface area contributed by atoms with E-state index in [0.29, 0.717) is 17.0 Å². The average molecular weight is 432 g/mol. The molecule has 0 bridgehead atoms. The molecule has 3 rings (SSSR count). The molecule has 1 aliphatic rings. The lowest BCUT2D eigenvalue weighted by molar-refractivity contribution is -0.116. The van der Waals surface area contributed by atoms with E-state index in [2.05, 4.69) is 48.3 Å². The molecule has 5 nitrogen and oxygen atoms in total. The molecule has 0 atom stereocenters. The molecule has 1 aliphatic heterocycles. The third kappa shape index (κ3) is 5.84. The molecule has 0 radical (unpaired) electrons. The van der Waals surface area contributed by atoms with Crippen LogP contribution in [0.2, 0.25) is 0 Å². The van der Waals surface area contributed by atoms with E-state index in [1.165, 1.54) is 21.8 Å². The maximum atomic E-state index is 12.4. The van der Waals surface area contributed by atoms with Crippen molar-refractivity contribution in [2.45, 2.75) is 51.0 Å². The first-order valence-corrected chi connectivity index (χ1v) is 11.9. The smallest absolute Gasteiger partial charge is 0.251 e. The molecule has 2 heterocycles. The van der Waals surface area contributed by atoms with Gasteiger partial charge >= 0.3 is 0 Å². The molecule has 3 N–H and O–H groups in total. The summed E-state index contributed by atoms with van der Waals surface area (Å²) in [5.41, 5.74) is 8.44. The molecular formula is C22H29N3O2S2. The van der Waals surface area contributed by atoms with Gasteiger partial charge in [-0.2, -0.15) is 0 Å². The minimum Gasteiger partial charge on any atom is -0.365 e. The number of nitrogens with two attached hydrogens (primary N) is 1. The summed E-state index contributed by atoms with van der Waals surface area (Å²) < 4.78 is 0. The zero-order valence-electron chi connectivity index (χ0n) is 17.1. The SMILES string of the molecule is CCCN1CCc2c(sc(NC(=O)CCCSc3ccc(C)cc3)c2C(N)=O)C1. The molecule has 2 aromatic rings. The van der Waals surface area contributed by atoms with Gasteiger partial charge in [0.2, 0.25) is 5.91 Å². The summed E-state index contributed by atoms with van der Waals surface area (Å²) in [7, 11) is 0. The number of primary amides is 1. The highest BCUT2D eigenvalue weighted by Gasteiger charge is 2.27. The Morgan fingerprint density at radius 1 is 1.28 bits per heavy atom. The molecule has 0 unspecified atom stereocenters. The van der Waals surface area contributed by atoms with Gasteiger partial charge in [0, 0.05) is 29.3 Å². The topological polar surface area (TPSA) is 75.4 Å². The molecule has 0 saturated heterocycles. The largest absolute Gasteiger partial charge is 0.365 e. The van der Waals surface area contributed by atoms with E-state index >= 15 is 0 Å². The molecule has 7 heteroatoms. The number of carbonyl (C=O) groups excluding carboxylic acids is 2. The Labute approximate surface area is 181 Å². The number of nitrogens with one attached hydrogen (secondary N) is 1. The van der Waals surface area contributed by atoms with Gasteiger partial charge in [-0.05, 0) is 56.2 Å². The van der Waals surface area contributed by atoms with Gasteiger partial charge in [0.15, 0.2) is 0 Å². The molecule has 0 spiro atoms. The number of fused-ring (bicyclic) bond motifs is 1. The fraction of sp³-hybridized carbons (Fsp3) is 0.455. The second-order valence-corrected chi connectivity index (χ2v) is 9.69. The highest BCUT2D eigenvalue weighted by atomic mass is 32.2.